The lowest BCUT2D eigenvalue weighted by Gasteiger charge is -2.17. The van der Waals surface area contributed by atoms with Gasteiger partial charge in [-0.15, -0.1) is 0 Å². The summed E-state index contributed by atoms with van der Waals surface area (Å²) in [4.78, 5) is 25.8. The van der Waals surface area contributed by atoms with Crippen molar-refractivity contribution in [3.05, 3.63) is 65.7 Å². The summed E-state index contributed by atoms with van der Waals surface area (Å²) in [6.45, 7) is 0.324. The molecule has 2 amide bonds. The van der Waals surface area contributed by atoms with Crippen molar-refractivity contribution in [1.29, 1.82) is 0 Å². The van der Waals surface area contributed by atoms with E-state index < -0.39 is 23.6 Å². The molecule has 2 aromatic carbocycles. The molecule has 0 spiro atoms. The van der Waals surface area contributed by atoms with Crippen molar-refractivity contribution < 1.29 is 18.4 Å². The van der Waals surface area contributed by atoms with Crippen LogP contribution in [0.2, 0.25) is 0 Å². The molecule has 1 N–H and O–H groups in total. The van der Waals surface area contributed by atoms with Crippen molar-refractivity contribution in [1.82, 2.24) is 5.32 Å². The Balaban J connectivity index is 1.65. The van der Waals surface area contributed by atoms with Gasteiger partial charge in [0.25, 0.3) is 0 Å². The number of carbonyl (C=O) groups excluding carboxylic acids is 2. The first-order chi connectivity index (χ1) is 11.6. The number of carbonyl (C=O) groups is 2. The van der Waals surface area contributed by atoms with Crippen LogP contribution in [-0.4, -0.2) is 24.4 Å². The van der Waals surface area contributed by atoms with Gasteiger partial charge in [0.2, 0.25) is 11.8 Å². The maximum absolute atomic E-state index is 13.8. The summed E-state index contributed by atoms with van der Waals surface area (Å²) in [7, 11) is 0. The summed E-state index contributed by atoms with van der Waals surface area (Å²) < 4.78 is 27.4. The Morgan fingerprint density at radius 2 is 1.75 bits per heavy atom. The van der Waals surface area contributed by atoms with Gasteiger partial charge in [-0.25, -0.2) is 8.78 Å². The number of rotatable bonds is 4. The molecule has 0 saturated carbocycles. The SMILES string of the molecule is O=C(Cc1ccccc1F)N[C@@H]1CCN(c2ccccc2F)C1=O. The van der Waals surface area contributed by atoms with Gasteiger partial charge in [-0.2, -0.15) is 0 Å². The highest BCUT2D eigenvalue weighted by Crippen LogP contribution is 2.24. The Hall–Kier alpha value is -2.76. The molecule has 0 aliphatic carbocycles. The quantitative estimate of drug-likeness (QED) is 0.936. The third-order valence-electron chi connectivity index (χ3n) is 3.99. The highest BCUT2D eigenvalue weighted by molar-refractivity contribution is 6.01. The van der Waals surface area contributed by atoms with Crippen LogP contribution in [0.25, 0.3) is 0 Å². The van der Waals surface area contributed by atoms with E-state index in [4.69, 9.17) is 0 Å². The van der Waals surface area contributed by atoms with E-state index in [2.05, 4.69) is 5.32 Å². The summed E-state index contributed by atoms with van der Waals surface area (Å²) in [6, 6.07) is 11.3. The molecule has 0 radical (unpaired) electrons. The van der Waals surface area contributed by atoms with Gasteiger partial charge in [-0.3, -0.25) is 9.59 Å². The molecule has 0 bridgehead atoms. The largest absolute Gasteiger partial charge is 0.344 e. The average Bonchev–Trinajstić information content (AvgIpc) is 2.91. The zero-order valence-electron chi connectivity index (χ0n) is 12.8. The van der Waals surface area contributed by atoms with Crippen LogP contribution in [0, 0.1) is 11.6 Å². The van der Waals surface area contributed by atoms with Gasteiger partial charge in [0.05, 0.1) is 12.1 Å². The van der Waals surface area contributed by atoms with Crippen LogP contribution in [0.5, 0.6) is 0 Å². The van der Waals surface area contributed by atoms with Crippen molar-refractivity contribution in [2.24, 2.45) is 0 Å². The minimum Gasteiger partial charge on any atom is -0.344 e. The van der Waals surface area contributed by atoms with Gasteiger partial charge < -0.3 is 10.2 Å². The summed E-state index contributed by atoms with van der Waals surface area (Å²) in [5, 5.41) is 2.60. The Morgan fingerprint density at radius 3 is 2.46 bits per heavy atom. The predicted molar refractivity (Wildman–Crippen MR) is 85.4 cm³/mol. The fourth-order valence-electron chi connectivity index (χ4n) is 2.78. The molecule has 3 rings (SSSR count). The van der Waals surface area contributed by atoms with E-state index >= 15 is 0 Å². The first kappa shape index (κ1) is 16.1. The Kier molecular flexibility index (Phi) is 4.55. The molecule has 0 unspecified atom stereocenters. The molecule has 1 atom stereocenters. The molecule has 4 nitrogen and oxygen atoms in total. The first-order valence-electron chi connectivity index (χ1n) is 7.65. The third-order valence-corrected chi connectivity index (χ3v) is 3.99. The predicted octanol–water partition coefficient (Wildman–Crippen LogP) is 2.43. The number of hydrogen-bond acceptors (Lipinski definition) is 2. The number of nitrogens with one attached hydrogen (secondary N) is 1. The number of amides is 2. The van der Waals surface area contributed by atoms with Gasteiger partial charge in [0, 0.05) is 6.54 Å². The van der Waals surface area contributed by atoms with Gasteiger partial charge in [-0.1, -0.05) is 30.3 Å². The summed E-state index contributed by atoms with van der Waals surface area (Å²) in [6.07, 6.45) is 0.242. The van der Waals surface area contributed by atoms with Crippen molar-refractivity contribution in [3.63, 3.8) is 0 Å². The van der Waals surface area contributed by atoms with Gasteiger partial charge in [0.1, 0.15) is 17.7 Å². The first-order valence-corrected chi connectivity index (χ1v) is 7.65. The highest BCUT2D eigenvalue weighted by Gasteiger charge is 2.34. The fraction of sp³-hybridized carbons (Fsp3) is 0.222. The number of anilines is 1. The van der Waals surface area contributed by atoms with E-state index in [1.807, 2.05) is 0 Å². The minimum absolute atomic E-state index is 0.143. The summed E-state index contributed by atoms with van der Waals surface area (Å²) >= 11 is 0. The molecule has 1 fully saturated rings. The van der Waals surface area contributed by atoms with Gasteiger partial charge in [-0.05, 0) is 30.2 Å². The van der Waals surface area contributed by atoms with E-state index in [1.54, 1.807) is 24.3 Å². The topological polar surface area (TPSA) is 49.4 Å². The van der Waals surface area contributed by atoms with Crippen LogP contribution in [0.3, 0.4) is 0 Å². The normalized spacial score (nSPS) is 17.2. The molecule has 0 aromatic heterocycles. The number of hydrogen-bond donors (Lipinski definition) is 1. The lowest BCUT2D eigenvalue weighted by atomic mass is 10.1. The molecule has 1 aliphatic rings. The molecule has 2 aromatic rings. The molecule has 1 aliphatic heterocycles. The van der Waals surface area contributed by atoms with Crippen LogP contribution in [0.1, 0.15) is 12.0 Å². The number of nitrogens with zero attached hydrogens (tertiary/aromatic N) is 1. The maximum atomic E-state index is 13.8. The number of benzene rings is 2. The molecule has 24 heavy (non-hydrogen) atoms. The molecule has 6 heteroatoms. The lowest BCUT2D eigenvalue weighted by molar-refractivity contribution is -0.126. The molecule has 1 saturated heterocycles. The third kappa shape index (κ3) is 3.27. The fourth-order valence-corrected chi connectivity index (χ4v) is 2.78. The maximum Gasteiger partial charge on any atom is 0.249 e. The summed E-state index contributed by atoms with van der Waals surface area (Å²) in [5.74, 6) is -1.74. The second-order valence-electron chi connectivity index (χ2n) is 5.62. The van der Waals surface area contributed by atoms with Crippen molar-refractivity contribution in [2.45, 2.75) is 18.9 Å². The zero-order valence-corrected chi connectivity index (χ0v) is 12.8. The molecular formula is C18H16F2N2O2. The van der Waals surface area contributed by atoms with Crippen molar-refractivity contribution in [3.8, 4) is 0 Å². The van der Waals surface area contributed by atoms with Crippen LogP contribution < -0.4 is 10.2 Å². The summed E-state index contributed by atoms with van der Waals surface area (Å²) in [5.41, 5.74) is 0.472. The highest BCUT2D eigenvalue weighted by atomic mass is 19.1. The Labute approximate surface area is 138 Å². The van der Waals surface area contributed by atoms with E-state index in [0.29, 0.717) is 13.0 Å². The van der Waals surface area contributed by atoms with Crippen LogP contribution in [0.15, 0.2) is 48.5 Å². The Bertz CT molecular complexity index is 779. The molecule has 124 valence electrons. The van der Waals surface area contributed by atoms with E-state index in [1.165, 1.54) is 29.2 Å². The zero-order chi connectivity index (χ0) is 17.1. The van der Waals surface area contributed by atoms with Crippen LogP contribution in [0.4, 0.5) is 14.5 Å². The Morgan fingerprint density at radius 1 is 1.08 bits per heavy atom. The van der Waals surface area contributed by atoms with Crippen LogP contribution in [-0.2, 0) is 16.0 Å². The van der Waals surface area contributed by atoms with Gasteiger partial charge >= 0.3 is 0 Å². The average molecular weight is 330 g/mol. The second kappa shape index (κ2) is 6.78. The van der Waals surface area contributed by atoms with Gasteiger partial charge in [0.15, 0.2) is 0 Å². The standard InChI is InChI=1S/C18H16F2N2O2/c19-13-6-2-1-5-12(13)11-17(23)21-15-9-10-22(18(15)24)16-8-4-3-7-14(16)20/h1-8,15H,9-11H2,(H,21,23)/t15-/m1/s1. The van der Waals surface area contributed by atoms with Crippen molar-refractivity contribution >= 4 is 17.5 Å². The lowest BCUT2D eigenvalue weighted by Crippen LogP contribution is -2.42. The smallest absolute Gasteiger partial charge is 0.249 e. The monoisotopic (exact) mass is 330 g/mol. The molecular weight excluding hydrogens is 314 g/mol. The molecule has 1 heterocycles. The van der Waals surface area contributed by atoms with E-state index in [0.717, 1.165) is 0 Å². The van der Waals surface area contributed by atoms with Crippen molar-refractivity contribution in [2.75, 3.05) is 11.4 Å². The van der Waals surface area contributed by atoms with E-state index in [9.17, 15) is 18.4 Å². The van der Waals surface area contributed by atoms with Crippen LogP contribution >= 0.6 is 0 Å². The van der Waals surface area contributed by atoms with E-state index in [-0.39, 0.29) is 23.6 Å². The number of para-hydroxylation sites is 1. The second-order valence-corrected chi connectivity index (χ2v) is 5.62. The minimum atomic E-state index is -0.719. The number of halogens is 2.